The van der Waals surface area contributed by atoms with Crippen molar-refractivity contribution in [3.05, 3.63) is 16.5 Å². The first kappa shape index (κ1) is 11.6. The molecule has 2 rings (SSSR count). The van der Waals surface area contributed by atoms with Crippen LogP contribution in [0.25, 0.3) is 0 Å². The molecule has 1 fully saturated rings. The van der Waals surface area contributed by atoms with Gasteiger partial charge in [0.1, 0.15) is 16.8 Å². The van der Waals surface area contributed by atoms with Crippen molar-refractivity contribution in [2.24, 2.45) is 0 Å². The van der Waals surface area contributed by atoms with Crippen LogP contribution in [0.15, 0.2) is 0 Å². The van der Waals surface area contributed by atoms with Crippen molar-refractivity contribution in [1.29, 1.82) is 0 Å². The third-order valence-electron chi connectivity index (χ3n) is 2.72. The van der Waals surface area contributed by atoms with E-state index in [1.54, 1.807) is 0 Å². The molecular formula is C11H16ClN3O. The molecule has 0 bridgehead atoms. The third-order valence-corrected chi connectivity index (χ3v) is 3.09. The number of anilines is 1. The SMILES string of the molecule is Cc1nc(Cl)c(C)c(NCC2CCCO2)n1. The molecule has 1 aliphatic rings. The Morgan fingerprint density at radius 3 is 2.94 bits per heavy atom. The molecular weight excluding hydrogens is 226 g/mol. The van der Waals surface area contributed by atoms with Crippen LogP contribution in [0.1, 0.15) is 24.2 Å². The zero-order valence-electron chi connectivity index (χ0n) is 9.59. The molecule has 1 unspecified atom stereocenters. The first-order chi connectivity index (χ1) is 7.66. The van der Waals surface area contributed by atoms with Gasteiger partial charge in [0.25, 0.3) is 0 Å². The highest BCUT2D eigenvalue weighted by Gasteiger charge is 2.16. The Balaban J connectivity index is 2.02. The van der Waals surface area contributed by atoms with Crippen LogP contribution in [0.4, 0.5) is 5.82 Å². The Morgan fingerprint density at radius 1 is 1.44 bits per heavy atom. The van der Waals surface area contributed by atoms with Gasteiger partial charge >= 0.3 is 0 Å². The van der Waals surface area contributed by atoms with Gasteiger partial charge in [0.05, 0.1) is 6.10 Å². The highest BCUT2D eigenvalue weighted by Crippen LogP contribution is 2.20. The Morgan fingerprint density at radius 2 is 2.25 bits per heavy atom. The molecule has 2 heterocycles. The van der Waals surface area contributed by atoms with E-state index in [1.807, 2.05) is 13.8 Å². The van der Waals surface area contributed by atoms with Crippen molar-refractivity contribution >= 4 is 17.4 Å². The summed E-state index contributed by atoms with van der Waals surface area (Å²) < 4.78 is 5.54. The van der Waals surface area contributed by atoms with Crippen LogP contribution in [0.5, 0.6) is 0 Å². The number of aryl methyl sites for hydroxylation is 1. The van der Waals surface area contributed by atoms with Gasteiger partial charge in [-0.05, 0) is 26.7 Å². The maximum Gasteiger partial charge on any atom is 0.137 e. The fourth-order valence-electron chi connectivity index (χ4n) is 1.78. The van der Waals surface area contributed by atoms with E-state index in [0.29, 0.717) is 17.1 Å². The van der Waals surface area contributed by atoms with Crippen molar-refractivity contribution in [2.45, 2.75) is 32.8 Å². The molecule has 5 heteroatoms. The van der Waals surface area contributed by atoms with Crippen LogP contribution in [-0.4, -0.2) is 29.2 Å². The average molecular weight is 242 g/mol. The second-order valence-electron chi connectivity index (χ2n) is 4.05. The molecule has 0 aromatic carbocycles. The van der Waals surface area contributed by atoms with Gasteiger partial charge in [-0.1, -0.05) is 11.6 Å². The van der Waals surface area contributed by atoms with Crippen molar-refractivity contribution in [2.75, 3.05) is 18.5 Å². The second-order valence-corrected chi connectivity index (χ2v) is 4.41. The number of rotatable bonds is 3. The monoisotopic (exact) mass is 241 g/mol. The summed E-state index contributed by atoms with van der Waals surface area (Å²) in [5.41, 5.74) is 0.894. The van der Waals surface area contributed by atoms with Crippen LogP contribution >= 0.6 is 11.6 Å². The second kappa shape index (κ2) is 4.97. The summed E-state index contributed by atoms with van der Waals surface area (Å²) >= 11 is 5.99. The minimum absolute atomic E-state index is 0.299. The first-order valence-electron chi connectivity index (χ1n) is 5.53. The number of hydrogen-bond donors (Lipinski definition) is 1. The Kier molecular flexibility index (Phi) is 3.61. The smallest absolute Gasteiger partial charge is 0.137 e. The van der Waals surface area contributed by atoms with Crippen LogP contribution in [-0.2, 0) is 4.74 Å². The molecule has 1 N–H and O–H groups in total. The van der Waals surface area contributed by atoms with E-state index in [9.17, 15) is 0 Å². The normalized spacial score (nSPS) is 20.1. The first-order valence-corrected chi connectivity index (χ1v) is 5.91. The number of halogens is 1. The molecule has 1 aliphatic heterocycles. The number of ether oxygens (including phenoxy) is 1. The van der Waals surface area contributed by atoms with Gasteiger partial charge in [0.15, 0.2) is 0 Å². The maximum absolute atomic E-state index is 5.99. The Bertz CT molecular complexity index is 378. The molecule has 4 nitrogen and oxygen atoms in total. The van der Waals surface area contributed by atoms with Crippen LogP contribution in [0.2, 0.25) is 5.15 Å². The highest BCUT2D eigenvalue weighted by atomic mass is 35.5. The van der Waals surface area contributed by atoms with E-state index in [2.05, 4.69) is 15.3 Å². The third kappa shape index (κ3) is 2.62. The van der Waals surface area contributed by atoms with Gasteiger partial charge in [-0.3, -0.25) is 0 Å². The zero-order chi connectivity index (χ0) is 11.5. The summed E-state index contributed by atoms with van der Waals surface area (Å²) in [6.45, 7) is 5.41. The predicted molar refractivity (Wildman–Crippen MR) is 64.0 cm³/mol. The largest absolute Gasteiger partial charge is 0.376 e. The number of aromatic nitrogens is 2. The molecule has 16 heavy (non-hydrogen) atoms. The van der Waals surface area contributed by atoms with Crippen LogP contribution < -0.4 is 5.32 Å². The standard InChI is InChI=1S/C11H16ClN3O/c1-7-10(12)14-8(2)15-11(7)13-6-9-4-3-5-16-9/h9H,3-6H2,1-2H3,(H,13,14,15). The summed E-state index contributed by atoms with van der Waals surface area (Å²) in [5.74, 6) is 1.50. The summed E-state index contributed by atoms with van der Waals surface area (Å²) in [6.07, 6.45) is 2.56. The molecule has 0 spiro atoms. The molecule has 88 valence electrons. The molecule has 1 atom stereocenters. The van der Waals surface area contributed by atoms with Crippen molar-refractivity contribution in [3.63, 3.8) is 0 Å². The lowest BCUT2D eigenvalue weighted by atomic mass is 10.2. The van der Waals surface area contributed by atoms with Gasteiger partial charge in [-0.2, -0.15) is 0 Å². The summed E-state index contributed by atoms with van der Waals surface area (Å²) in [6, 6.07) is 0. The topological polar surface area (TPSA) is 47.0 Å². The van der Waals surface area contributed by atoms with Gasteiger partial charge in [-0.15, -0.1) is 0 Å². The average Bonchev–Trinajstić information content (AvgIpc) is 2.74. The molecule has 0 radical (unpaired) electrons. The minimum atomic E-state index is 0.299. The van der Waals surface area contributed by atoms with E-state index in [-0.39, 0.29) is 0 Å². The fourth-order valence-corrected chi connectivity index (χ4v) is 1.99. The van der Waals surface area contributed by atoms with E-state index in [1.165, 1.54) is 0 Å². The van der Waals surface area contributed by atoms with Crippen molar-refractivity contribution in [3.8, 4) is 0 Å². The maximum atomic E-state index is 5.99. The molecule has 0 saturated carbocycles. The van der Waals surface area contributed by atoms with Crippen molar-refractivity contribution in [1.82, 2.24) is 9.97 Å². The number of hydrogen-bond acceptors (Lipinski definition) is 4. The minimum Gasteiger partial charge on any atom is -0.376 e. The lowest BCUT2D eigenvalue weighted by Crippen LogP contribution is -2.19. The van der Waals surface area contributed by atoms with E-state index < -0.39 is 0 Å². The summed E-state index contributed by atoms with van der Waals surface area (Å²) in [7, 11) is 0. The Labute approximate surface area is 100 Å². The van der Waals surface area contributed by atoms with E-state index >= 15 is 0 Å². The summed E-state index contributed by atoms with van der Waals surface area (Å²) in [5, 5.41) is 3.79. The van der Waals surface area contributed by atoms with Gasteiger partial charge in [-0.25, -0.2) is 9.97 Å². The molecule has 1 aromatic rings. The lowest BCUT2D eigenvalue weighted by molar-refractivity contribution is 0.120. The predicted octanol–water partition coefficient (Wildman–Crippen LogP) is 2.34. The van der Waals surface area contributed by atoms with Crippen LogP contribution in [0, 0.1) is 13.8 Å². The lowest BCUT2D eigenvalue weighted by Gasteiger charge is -2.13. The molecule has 1 aromatic heterocycles. The molecule has 1 saturated heterocycles. The zero-order valence-corrected chi connectivity index (χ0v) is 10.3. The van der Waals surface area contributed by atoms with Crippen LogP contribution in [0.3, 0.4) is 0 Å². The molecule has 0 amide bonds. The highest BCUT2D eigenvalue weighted by molar-refractivity contribution is 6.30. The quantitative estimate of drug-likeness (QED) is 0.826. The number of nitrogens with one attached hydrogen (secondary N) is 1. The Hall–Kier alpha value is -0.870. The van der Waals surface area contributed by atoms with Gasteiger partial charge in [0.2, 0.25) is 0 Å². The van der Waals surface area contributed by atoms with E-state index in [4.69, 9.17) is 16.3 Å². The van der Waals surface area contributed by atoms with E-state index in [0.717, 1.165) is 37.4 Å². The van der Waals surface area contributed by atoms with Gasteiger partial charge < -0.3 is 10.1 Å². The number of nitrogens with zero attached hydrogens (tertiary/aromatic N) is 2. The fraction of sp³-hybridized carbons (Fsp3) is 0.636. The molecule has 0 aliphatic carbocycles. The van der Waals surface area contributed by atoms with Gasteiger partial charge in [0, 0.05) is 18.7 Å². The summed E-state index contributed by atoms with van der Waals surface area (Å²) in [4.78, 5) is 8.43. The van der Waals surface area contributed by atoms with Crippen molar-refractivity contribution < 1.29 is 4.74 Å².